The smallest absolute Gasteiger partial charge is 0.312 e. The number of hydrogen-bond donors (Lipinski definition) is 1. The zero-order valence-electron chi connectivity index (χ0n) is 16.1. The first-order chi connectivity index (χ1) is 14.9. The summed E-state index contributed by atoms with van der Waals surface area (Å²) in [4.78, 5) is 20.1. The van der Waals surface area contributed by atoms with E-state index in [4.69, 9.17) is 14.6 Å². The number of primary sulfonamides is 1. The molecule has 0 aliphatic carbocycles. The molecule has 0 spiro atoms. The summed E-state index contributed by atoms with van der Waals surface area (Å²) in [5.74, 6) is -0.989. The molecule has 0 atom stereocenters. The van der Waals surface area contributed by atoms with E-state index in [1.165, 1.54) is 0 Å². The molecular formula is C16H16N4O10S2. The van der Waals surface area contributed by atoms with E-state index in [-0.39, 0.29) is 31.2 Å². The fraction of sp³-hybridized carbons (Fsp3) is 0.250. The Bertz CT molecular complexity index is 1290. The Balaban J connectivity index is 2.03. The monoisotopic (exact) mass is 488 g/mol. The molecule has 2 aromatic carbocycles. The summed E-state index contributed by atoms with van der Waals surface area (Å²) in [7, 11) is -8.30. The molecule has 0 amide bonds. The van der Waals surface area contributed by atoms with Gasteiger partial charge in [0.2, 0.25) is 31.5 Å². The summed E-state index contributed by atoms with van der Waals surface area (Å²) in [6.07, 6.45) is 0. The van der Waals surface area contributed by atoms with Gasteiger partial charge in [-0.3, -0.25) is 20.2 Å². The molecule has 1 saturated heterocycles. The first-order valence-corrected chi connectivity index (χ1v) is 11.8. The van der Waals surface area contributed by atoms with Crippen LogP contribution in [0.3, 0.4) is 0 Å². The molecule has 1 aliphatic heterocycles. The predicted octanol–water partition coefficient (Wildman–Crippen LogP) is 0.964. The number of sulfonamides is 2. The lowest BCUT2D eigenvalue weighted by atomic mass is 10.2. The van der Waals surface area contributed by atoms with E-state index in [9.17, 15) is 37.1 Å². The van der Waals surface area contributed by atoms with Crippen molar-refractivity contribution < 1.29 is 36.2 Å². The van der Waals surface area contributed by atoms with Gasteiger partial charge in [-0.2, -0.15) is 4.31 Å². The normalized spacial score (nSPS) is 15.3. The van der Waals surface area contributed by atoms with Crippen molar-refractivity contribution in [2.45, 2.75) is 9.79 Å². The van der Waals surface area contributed by atoms with Crippen LogP contribution in [0.5, 0.6) is 11.5 Å². The minimum absolute atomic E-state index is 0.0803. The van der Waals surface area contributed by atoms with Crippen LogP contribution in [-0.4, -0.2) is 57.3 Å². The zero-order chi connectivity index (χ0) is 23.7. The van der Waals surface area contributed by atoms with Gasteiger partial charge in [-0.25, -0.2) is 22.0 Å². The molecule has 0 bridgehead atoms. The van der Waals surface area contributed by atoms with Crippen molar-refractivity contribution in [1.82, 2.24) is 4.31 Å². The van der Waals surface area contributed by atoms with Crippen molar-refractivity contribution >= 4 is 31.4 Å². The van der Waals surface area contributed by atoms with E-state index < -0.39 is 57.7 Å². The van der Waals surface area contributed by atoms with E-state index in [2.05, 4.69) is 0 Å². The number of morpholine rings is 1. The summed E-state index contributed by atoms with van der Waals surface area (Å²) in [6.45, 7) is 0.523. The van der Waals surface area contributed by atoms with Crippen LogP contribution in [-0.2, 0) is 24.8 Å². The van der Waals surface area contributed by atoms with Gasteiger partial charge in [-0.15, -0.1) is 0 Å². The average molecular weight is 488 g/mol. The summed E-state index contributed by atoms with van der Waals surface area (Å²) in [5, 5.41) is 27.8. The van der Waals surface area contributed by atoms with Crippen molar-refractivity contribution in [2.24, 2.45) is 5.14 Å². The van der Waals surface area contributed by atoms with E-state index >= 15 is 0 Å². The Morgan fingerprint density at radius 3 is 1.81 bits per heavy atom. The number of nitro groups is 2. The van der Waals surface area contributed by atoms with Gasteiger partial charge >= 0.3 is 11.4 Å². The molecule has 1 aliphatic rings. The molecule has 0 unspecified atom stereocenters. The van der Waals surface area contributed by atoms with Crippen LogP contribution >= 0.6 is 0 Å². The maximum atomic E-state index is 12.8. The molecule has 0 radical (unpaired) electrons. The highest BCUT2D eigenvalue weighted by Gasteiger charge is 2.30. The number of hydrogen-bond acceptors (Lipinski definition) is 10. The first-order valence-electron chi connectivity index (χ1n) is 8.76. The van der Waals surface area contributed by atoms with Gasteiger partial charge < -0.3 is 9.47 Å². The molecule has 16 heteroatoms. The van der Waals surface area contributed by atoms with Crippen molar-refractivity contribution in [3.63, 3.8) is 0 Å². The van der Waals surface area contributed by atoms with Crippen LogP contribution < -0.4 is 9.88 Å². The van der Waals surface area contributed by atoms with Crippen LogP contribution in [0.1, 0.15) is 0 Å². The number of nitrogens with two attached hydrogens (primary N) is 1. The Hall–Kier alpha value is -3.18. The van der Waals surface area contributed by atoms with Crippen molar-refractivity contribution in [2.75, 3.05) is 26.3 Å². The van der Waals surface area contributed by atoms with E-state index in [0.29, 0.717) is 6.07 Å². The van der Waals surface area contributed by atoms with Crippen LogP contribution in [0.4, 0.5) is 11.4 Å². The Morgan fingerprint density at radius 1 is 0.875 bits per heavy atom. The van der Waals surface area contributed by atoms with Gasteiger partial charge in [-0.1, -0.05) is 0 Å². The maximum absolute atomic E-state index is 12.8. The number of nitro benzene ring substituents is 2. The second-order valence-corrected chi connectivity index (χ2v) is 9.94. The summed E-state index contributed by atoms with van der Waals surface area (Å²) in [5.41, 5.74) is -1.57. The van der Waals surface area contributed by atoms with Crippen molar-refractivity contribution in [3.05, 3.63) is 56.6 Å². The molecule has 2 aromatic rings. The third-order valence-electron chi connectivity index (χ3n) is 4.41. The highest BCUT2D eigenvalue weighted by molar-refractivity contribution is 7.89. The van der Waals surface area contributed by atoms with Crippen molar-refractivity contribution in [1.29, 1.82) is 0 Å². The largest absolute Gasteiger partial charge is 0.443 e. The lowest BCUT2D eigenvalue weighted by molar-refractivity contribution is -0.387. The fourth-order valence-corrected chi connectivity index (χ4v) is 4.81. The number of rotatable bonds is 7. The second kappa shape index (κ2) is 8.75. The van der Waals surface area contributed by atoms with Crippen LogP contribution in [0.25, 0.3) is 0 Å². The maximum Gasteiger partial charge on any atom is 0.312 e. The topological polar surface area (TPSA) is 202 Å². The minimum Gasteiger partial charge on any atom is -0.443 e. The van der Waals surface area contributed by atoms with Gasteiger partial charge in [0.05, 0.1) is 32.9 Å². The van der Waals surface area contributed by atoms with E-state index in [0.717, 1.165) is 34.6 Å². The highest BCUT2D eigenvalue weighted by Crippen LogP contribution is 2.38. The molecule has 1 heterocycles. The number of benzene rings is 2. The predicted molar refractivity (Wildman–Crippen MR) is 107 cm³/mol. The zero-order valence-corrected chi connectivity index (χ0v) is 17.7. The summed E-state index contributed by atoms with van der Waals surface area (Å²) >= 11 is 0. The molecule has 32 heavy (non-hydrogen) atoms. The van der Waals surface area contributed by atoms with E-state index in [1.54, 1.807) is 0 Å². The molecule has 3 rings (SSSR count). The molecule has 172 valence electrons. The minimum atomic E-state index is -4.25. The molecule has 2 N–H and O–H groups in total. The summed E-state index contributed by atoms with van der Waals surface area (Å²) in [6, 6.07) is 5.33. The Labute approximate surface area is 181 Å². The fourth-order valence-electron chi connectivity index (χ4n) is 2.84. The highest BCUT2D eigenvalue weighted by atomic mass is 32.2. The first kappa shape index (κ1) is 23.5. The molecule has 0 saturated carbocycles. The van der Waals surface area contributed by atoms with Crippen LogP contribution in [0.2, 0.25) is 0 Å². The molecule has 14 nitrogen and oxygen atoms in total. The third-order valence-corrected chi connectivity index (χ3v) is 7.22. The average Bonchev–Trinajstić information content (AvgIpc) is 2.73. The quantitative estimate of drug-likeness (QED) is 0.432. The van der Waals surface area contributed by atoms with Gasteiger partial charge in [0.25, 0.3) is 0 Å². The van der Waals surface area contributed by atoms with Crippen LogP contribution in [0, 0.1) is 20.2 Å². The van der Waals surface area contributed by atoms with Gasteiger partial charge in [0.1, 0.15) is 0 Å². The lowest BCUT2D eigenvalue weighted by Gasteiger charge is -2.26. The molecule has 0 aromatic heterocycles. The SMILES string of the molecule is NS(=O)(=O)c1ccc(Oc2ccc(S(=O)(=O)N3CCOCC3)cc2[N+](=O)[O-])c([N+](=O)[O-])c1. The van der Waals surface area contributed by atoms with Gasteiger partial charge in [-0.05, 0) is 24.3 Å². The Morgan fingerprint density at radius 2 is 1.34 bits per heavy atom. The second-order valence-electron chi connectivity index (χ2n) is 6.44. The standard InChI is InChI=1S/C16H16N4O10S2/c17-31(25,26)11-1-3-15(13(9-11)19(21)22)30-16-4-2-12(10-14(16)20(23)24)32(27,28)18-5-7-29-8-6-18/h1-4,9-10H,5-8H2,(H2,17,25,26). The Kier molecular flexibility index (Phi) is 6.42. The number of nitrogens with zero attached hydrogens (tertiary/aromatic N) is 3. The van der Waals surface area contributed by atoms with E-state index in [1.807, 2.05) is 0 Å². The number of ether oxygens (including phenoxy) is 2. The van der Waals surface area contributed by atoms with Crippen LogP contribution in [0.15, 0.2) is 46.2 Å². The third kappa shape index (κ3) is 4.83. The van der Waals surface area contributed by atoms with Crippen molar-refractivity contribution in [3.8, 4) is 11.5 Å². The molecular weight excluding hydrogens is 472 g/mol. The van der Waals surface area contributed by atoms with Gasteiger partial charge in [0.15, 0.2) is 0 Å². The lowest BCUT2D eigenvalue weighted by Crippen LogP contribution is -2.40. The summed E-state index contributed by atoms with van der Waals surface area (Å²) < 4.78 is 59.9. The molecule has 1 fully saturated rings. The van der Waals surface area contributed by atoms with Gasteiger partial charge in [0, 0.05) is 25.2 Å².